The SMILES string of the molecule is CNc1nc(C)c(-c2ccnc(Nc3cc(F)cc(F)c3)n2)s1. The largest absolute Gasteiger partial charge is 0.365 e. The van der Waals surface area contributed by atoms with Crippen LogP contribution in [0, 0.1) is 18.6 Å². The van der Waals surface area contributed by atoms with E-state index in [0.717, 1.165) is 21.8 Å². The molecule has 2 N–H and O–H groups in total. The third-order valence-corrected chi connectivity index (χ3v) is 4.21. The van der Waals surface area contributed by atoms with Crippen LogP contribution in [0.1, 0.15) is 5.69 Å². The normalized spacial score (nSPS) is 10.6. The molecule has 0 fully saturated rings. The molecule has 118 valence electrons. The predicted molar refractivity (Wildman–Crippen MR) is 87.1 cm³/mol. The maximum Gasteiger partial charge on any atom is 0.227 e. The van der Waals surface area contributed by atoms with Crippen LogP contribution in [0.2, 0.25) is 0 Å². The number of nitrogens with one attached hydrogen (secondary N) is 2. The van der Waals surface area contributed by atoms with Gasteiger partial charge in [0.05, 0.1) is 16.3 Å². The minimum absolute atomic E-state index is 0.247. The van der Waals surface area contributed by atoms with Crippen molar-refractivity contribution in [3.05, 3.63) is 47.8 Å². The highest BCUT2D eigenvalue weighted by Gasteiger charge is 2.11. The van der Waals surface area contributed by atoms with E-state index in [1.807, 2.05) is 6.92 Å². The number of hydrogen-bond donors (Lipinski definition) is 2. The van der Waals surface area contributed by atoms with Crippen molar-refractivity contribution in [2.75, 3.05) is 17.7 Å². The van der Waals surface area contributed by atoms with Gasteiger partial charge in [0.2, 0.25) is 5.95 Å². The van der Waals surface area contributed by atoms with Gasteiger partial charge in [0, 0.05) is 25.0 Å². The third kappa shape index (κ3) is 3.42. The molecule has 3 rings (SSSR count). The van der Waals surface area contributed by atoms with Crippen LogP contribution in [-0.2, 0) is 0 Å². The summed E-state index contributed by atoms with van der Waals surface area (Å²) in [5.41, 5.74) is 1.79. The lowest BCUT2D eigenvalue weighted by Gasteiger charge is -2.06. The first-order valence-electron chi connectivity index (χ1n) is 6.77. The number of rotatable bonds is 4. The van der Waals surface area contributed by atoms with Crippen LogP contribution in [0.5, 0.6) is 0 Å². The van der Waals surface area contributed by atoms with Crippen LogP contribution >= 0.6 is 11.3 Å². The van der Waals surface area contributed by atoms with Crippen molar-refractivity contribution in [1.82, 2.24) is 15.0 Å². The zero-order chi connectivity index (χ0) is 16.4. The van der Waals surface area contributed by atoms with Crippen molar-refractivity contribution < 1.29 is 8.78 Å². The second kappa shape index (κ2) is 6.25. The van der Waals surface area contributed by atoms with E-state index in [4.69, 9.17) is 0 Å². The van der Waals surface area contributed by atoms with E-state index in [2.05, 4.69) is 25.6 Å². The summed E-state index contributed by atoms with van der Waals surface area (Å²) in [7, 11) is 1.80. The summed E-state index contributed by atoms with van der Waals surface area (Å²) in [4.78, 5) is 13.7. The van der Waals surface area contributed by atoms with E-state index in [9.17, 15) is 8.78 Å². The number of hydrogen-bond acceptors (Lipinski definition) is 6. The van der Waals surface area contributed by atoms with Gasteiger partial charge in [0.15, 0.2) is 5.13 Å². The van der Waals surface area contributed by atoms with Crippen LogP contribution < -0.4 is 10.6 Å². The quantitative estimate of drug-likeness (QED) is 0.756. The molecule has 2 heterocycles. The molecule has 0 saturated carbocycles. The highest BCUT2D eigenvalue weighted by Crippen LogP contribution is 2.31. The Balaban J connectivity index is 1.91. The van der Waals surface area contributed by atoms with E-state index >= 15 is 0 Å². The van der Waals surface area contributed by atoms with Crippen molar-refractivity contribution in [3.8, 4) is 10.6 Å². The van der Waals surface area contributed by atoms with Crippen LogP contribution in [0.3, 0.4) is 0 Å². The summed E-state index contributed by atoms with van der Waals surface area (Å²) in [6, 6.07) is 4.92. The average Bonchev–Trinajstić information content (AvgIpc) is 2.87. The zero-order valence-corrected chi connectivity index (χ0v) is 13.2. The average molecular weight is 333 g/mol. The molecule has 8 heteroatoms. The molecular weight excluding hydrogens is 320 g/mol. The molecule has 0 saturated heterocycles. The summed E-state index contributed by atoms with van der Waals surface area (Å²) in [5, 5.41) is 6.58. The van der Waals surface area contributed by atoms with E-state index in [1.54, 1.807) is 19.3 Å². The molecular formula is C15H13F2N5S. The molecule has 0 bridgehead atoms. The predicted octanol–water partition coefficient (Wildman–Crippen LogP) is 3.97. The van der Waals surface area contributed by atoms with Gasteiger partial charge in [-0.25, -0.2) is 23.7 Å². The summed E-state index contributed by atoms with van der Waals surface area (Å²) >= 11 is 1.47. The fourth-order valence-electron chi connectivity index (χ4n) is 2.04. The molecule has 0 atom stereocenters. The van der Waals surface area contributed by atoms with Gasteiger partial charge in [0.1, 0.15) is 11.6 Å². The van der Waals surface area contributed by atoms with Crippen molar-refractivity contribution in [2.45, 2.75) is 6.92 Å². The van der Waals surface area contributed by atoms with E-state index < -0.39 is 11.6 Å². The summed E-state index contributed by atoms with van der Waals surface area (Å²) < 4.78 is 26.5. The number of nitrogens with zero attached hydrogens (tertiary/aromatic N) is 3. The Hall–Kier alpha value is -2.61. The van der Waals surface area contributed by atoms with Crippen LogP contribution in [-0.4, -0.2) is 22.0 Å². The minimum Gasteiger partial charge on any atom is -0.365 e. The standard InChI is InChI=1S/C15H13F2N5S/c1-8-13(23-15(18-2)20-8)12-3-4-19-14(22-12)21-11-6-9(16)5-10(17)7-11/h3-7H,1-2H3,(H,18,20)(H,19,21,22). The Morgan fingerprint density at radius 3 is 2.48 bits per heavy atom. The number of benzene rings is 1. The van der Waals surface area contributed by atoms with E-state index in [1.165, 1.54) is 23.5 Å². The van der Waals surface area contributed by atoms with Crippen molar-refractivity contribution in [2.24, 2.45) is 0 Å². The lowest BCUT2D eigenvalue weighted by Crippen LogP contribution is -1.98. The summed E-state index contributed by atoms with van der Waals surface area (Å²) in [6.07, 6.45) is 1.58. The number of halogens is 2. The maximum atomic E-state index is 13.2. The monoisotopic (exact) mass is 333 g/mol. The number of aryl methyl sites for hydroxylation is 1. The molecule has 0 unspecified atom stereocenters. The first-order valence-corrected chi connectivity index (χ1v) is 7.58. The zero-order valence-electron chi connectivity index (χ0n) is 12.4. The Labute approximate surface area is 135 Å². The summed E-state index contributed by atoms with van der Waals surface area (Å²) in [6.45, 7) is 1.89. The van der Waals surface area contributed by atoms with Crippen LogP contribution in [0.4, 0.5) is 25.5 Å². The van der Waals surface area contributed by atoms with Crippen molar-refractivity contribution in [3.63, 3.8) is 0 Å². The molecule has 5 nitrogen and oxygen atoms in total. The first kappa shape index (κ1) is 15.3. The maximum absolute atomic E-state index is 13.2. The fourth-order valence-corrected chi connectivity index (χ4v) is 2.93. The molecule has 1 aromatic carbocycles. The van der Waals surface area contributed by atoms with E-state index in [0.29, 0.717) is 5.69 Å². The molecule has 3 aromatic rings. The smallest absolute Gasteiger partial charge is 0.227 e. The molecule has 0 spiro atoms. The molecule has 23 heavy (non-hydrogen) atoms. The Kier molecular flexibility index (Phi) is 4.16. The van der Waals surface area contributed by atoms with Crippen molar-refractivity contribution >= 4 is 28.1 Å². The van der Waals surface area contributed by atoms with Gasteiger partial charge in [-0.3, -0.25) is 0 Å². The van der Waals surface area contributed by atoms with Gasteiger partial charge in [0.25, 0.3) is 0 Å². The Morgan fingerprint density at radius 1 is 1.09 bits per heavy atom. The van der Waals surface area contributed by atoms with Crippen LogP contribution in [0.25, 0.3) is 10.6 Å². The second-order valence-corrected chi connectivity index (χ2v) is 5.73. The molecule has 2 aromatic heterocycles. The van der Waals surface area contributed by atoms with Gasteiger partial charge in [-0.15, -0.1) is 0 Å². The molecule has 0 aliphatic heterocycles. The molecule has 0 amide bonds. The fraction of sp³-hybridized carbons (Fsp3) is 0.133. The molecule has 0 aliphatic rings. The highest BCUT2D eigenvalue weighted by molar-refractivity contribution is 7.19. The van der Waals surface area contributed by atoms with Gasteiger partial charge in [-0.2, -0.15) is 0 Å². The first-order chi connectivity index (χ1) is 11.0. The Morgan fingerprint density at radius 2 is 1.83 bits per heavy atom. The number of thiazole rings is 1. The van der Waals surface area contributed by atoms with Gasteiger partial charge in [-0.1, -0.05) is 11.3 Å². The number of aromatic nitrogens is 3. The van der Waals surface area contributed by atoms with Gasteiger partial charge < -0.3 is 10.6 Å². The minimum atomic E-state index is -0.666. The van der Waals surface area contributed by atoms with Gasteiger partial charge >= 0.3 is 0 Å². The highest BCUT2D eigenvalue weighted by atomic mass is 32.1. The lowest BCUT2D eigenvalue weighted by atomic mass is 10.3. The van der Waals surface area contributed by atoms with Crippen LogP contribution in [0.15, 0.2) is 30.5 Å². The summed E-state index contributed by atoms with van der Waals surface area (Å²) in [5.74, 6) is -1.08. The third-order valence-electron chi connectivity index (χ3n) is 3.02. The Bertz CT molecular complexity index is 829. The van der Waals surface area contributed by atoms with Crippen molar-refractivity contribution in [1.29, 1.82) is 0 Å². The molecule has 0 aliphatic carbocycles. The van der Waals surface area contributed by atoms with Gasteiger partial charge in [-0.05, 0) is 25.1 Å². The lowest BCUT2D eigenvalue weighted by molar-refractivity contribution is 0.584. The van der Waals surface area contributed by atoms with E-state index in [-0.39, 0.29) is 11.6 Å². The topological polar surface area (TPSA) is 62.7 Å². The second-order valence-electron chi connectivity index (χ2n) is 4.73. The number of anilines is 3. The molecule has 0 radical (unpaired) electrons.